The van der Waals surface area contributed by atoms with Crippen LogP contribution in [0.1, 0.15) is 66.7 Å². The molecule has 2 rings (SSSR count). The van der Waals surface area contributed by atoms with Crippen molar-refractivity contribution < 1.29 is 14.3 Å². The van der Waals surface area contributed by atoms with Gasteiger partial charge in [-0.1, -0.05) is 55.4 Å². The van der Waals surface area contributed by atoms with E-state index in [1.54, 1.807) is 4.90 Å². The van der Waals surface area contributed by atoms with Gasteiger partial charge < -0.3 is 9.64 Å². The average Bonchev–Trinajstić information content (AvgIpc) is 3.05. The fourth-order valence-corrected chi connectivity index (χ4v) is 4.10. The van der Waals surface area contributed by atoms with Crippen LogP contribution >= 0.6 is 0 Å². The number of carbonyl (C=O) groups is 2. The van der Waals surface area contributed by atoms with Crippen LogP contribution in [0.25, 0.3) is 0 Å². The van der Waals surface area contributed by atoms with E-state index in [-0.39, 0.29) is 23.9 Å². The summed E-state index contributed by atoms with van der Waals surface area (Å²) in [6.45, 7) is 12.3. The monoisotopic (exact) mass is 411 g/mol. The van der Waals surface area contributed by atoms with E-state index < -0.39 is 0 Å². The molecule has 2 aliphatic rings. The van der Waals surface area contributed by atoms with E-state index in [1.807, 2.05) is 25.2 Å². The van der Waals surface area contributed by atoms with Crippen molar-refractivity contribution in [3.8, 4) is 0 Å². The van der Waals surface area contributed by atoms with Crippen LogP contribution in [0, 0.1) is 5.41 Å². The molecule has 4 heteroatoms. The van der Waals surface area contributed by atoms with Crippen LogP contribution in [0.5, 0.6) is 0 Å². The minimum Gasteiger partial charge on any atom is -0.461 e. The fourth-order valence-electron chi connectivity index (χ4n) is 4.10. The topological polar surface area (TPSA) is 46.6 Å². The number of hydrogen-bond acceptors (Lipinski definition) is 3. The van der Waals surface area contributed by atoms with Gasteiger partial charge in [0, 0.05) is 19.0 Å². The summed E-state index contributed by atoms with van der Waals surface area (Å²) in [6, 6.07) is 0. The van der Waals surface area contributed by atoms with Gasteiger partial charge in [-0.05, 0) is 63.0 Å². The standard InChI is InChI=1S/C26H37NO3/c1-20(13-14-23-22(3)11-7-15-26(23,4)5)9-6-10-21(2)19-25(29)30-18-17-27-16-8-12-24(27)28/h6,9-10,13-14,19H,7-8,11-12,15-18H2,1-5H3. The van der Waals surface area contributed by atoms with Crippen molar-refractivity contribution in [1.82, 2.24) is 4.90 Å². The number of hydrogen-bond donors (Lipinski definition) is 0. The van der Waals surface area contributed by atoms with Crippen molar-refractivity contribution in [2.75, 3.05) is 19.7 Å². The van der Waals surface area contributed by atoms with Gasteiger partial charge in [-0.15, -0.1) is 0 Å². The minimum atomic E-state index is -0.369. The maximum absolute atomic E-state index is 11.9. The second kappa shape index (κ2) is 11.1. The Labute approximate surface area is 182 Å². The molecule has 0 N–H and O–H groups in total. The predicted molar refractivity (Wildman–Crippen MR) is 123 cm³/mol. The molecule has 1 aliphatic carbocycles. The van der Waals surface area contributed by atoms with Crippen molar-refractivity contribution in [3.05, 3.63) is 58.7 Å². The third kappa shape index (κ3) is 7.47. The number of amides is 1. The Morgan fingerprint density at radius 1 is 1.13 bits per heavy atom. The molecule has 0 radical (unpaired) electrons. The zero-order valence-electron chi connectivity index (χ0n) is 19.3. The Bertz CT molecular complexity index is 793. The molecule has 1 heterocycles. The van der Waals surface area contributed by atoms with Crippen LogP contribution in [0.4, 0.5) is 0 Å². The Kier molecular flexibility index (Phi) is 8.88. The lowest BCUT2D eigenvalue weighted by atomic mass is 9.72. The molecule has 1 saturated heterocycles. The summed E-state index contributed by atoms with van der Waals surface area (Å²) in [5, 5.41) is 0. The quantitative estimate of drug-likeness (QED) is 0.293. The lowest BCUT2D eigenvalue weighted by Crippen LogP contribution is -2.29. The van der Waals surface area contributed by atoms with E-state index >= 15 is 0 Å². The molecule has 0 aromatic rings. The maximum atomic E-state index is 11.9. The highest BCUT2D eigenvalue weighted by Gasteiger charge is 2.26. The van der Waals surface area contributed by atoms with E-state index in [0.717, 1.165) is 18.5 Å². The van der Waals surface area contributed by atoms with Crippen molar-refractivity contribution in [2.24, 2.45) is 5.41 Å². The second-order valence-corrected chi connectivity index (χ2v) is 9.07. The van der Waals surface area contributed by atoms with E-state index in [0.29, 0.717) is 13.0 Å². The van der Waals surface area contributed by atoms with Gasteiger partial charge in [0.1, 0.15) is 6.61 Å². The van der Waals surface area contributed by atoms with E-state index in [9.17, 15) is 9.59 Å². The van der Waals surface area contributed by atoms with Gasteiger partial charge in [-0.3, -0.25) is 4.79 Å². The first-order valence-corrected chi connectivity index (χ1v) is 11.0. The third-order valence-corrected chi connectivity index (χ3v) is 5.90. The van der Waals surface area contributed by atoms with Crippen molar-refractivity contribution >= 4 is 11.9 Å². The summed E-state index contributed by atoms with van der Waals surface area (Å²) in [6.07, 6.45) is 17.0. The predicted octanol–water partition coefficient (Wildman–Crippen LogP) is 5.68. The van der Waals surface area contributed by atoms with Gasteiger partial charge in [0.2, 0.25) is 5.91 Å². The number of nitrogens with zero attached hydrogens (tertiary/aromatic N) is 1. The molecule has 1 amide bonds. The van der Waals surface area contributed by atoms with Gasteiger partial charge in [0.25, 0.3) is 0 Å². The molecule has 0 spiro atoms. The van der Waals surface area contributed by atoms with Gasteiger partial charge in [-0.25, -0.2) is 4.79 Å². The Morgan fingerprint density at radius 3 is 2.57 bits per heavy atom. The molecule has 0 saturated carbocycles. The number of likely N-dealkylation sites (tertiary alicyclic amines) is 1. The van der Waals surface area contributed by atoms with Crippen LogP contribution in [0.3, 0.4) is 0 Å². The number of carbonyl (C=O) groups excluding carboxylic acids is 2. The van der Waals surface area contributed by atoms with Gasteiger partial charge in [0.15, 0.2) is 0 Å². The molecular formula is C26H37NO3. The third-order valence-electron chi connectivity index (χ3n) is 5.90. The van der Waals surface area contributed by atoms with Crippen LogP contribution < -0.4 is 0 Å². The minimum absolute atomic E-state index is 0.149. The fraction of sp³-hybridized carbons (Fsp3) is 0.538. The van der Waals surface area contributed by atoms with E-state index in [1.165, 1.54) is 42.1 Å². The summed E-state index contributed by atoms with van der Waals surface area (Å²) in [5.74, 6) is -0.221. The van der Waals surface area contributed by atoms with Gasteiger partial charge >= 0.3 is 5.97 Å². The van der Waals surface area contributed by atoms with Crippen LogP contribution in [-0.4, -0.2) is 36.5 Å². The molecule has 1 fully saturated rings. The SMILES string of the molecule is CC(C=CC1=C(C)CCCC1(C)C)=CC=CC(C)=CC(=O)OCCN1CCCC1=O. The largest absolute Gasteiger partial charge is 0.461 e. The molecule has 164 valence electrons. The second-order valence-electron chi connectivity index (χ2n) is 9.07. The van der Waals surface area contributed by atoms with E-state index in [2.05, 4.69) is 39.8 Å². The number of rotatable bonds is 8. The Balaban J connectivity index is 1.82. The van der Waals surface area contributed by atoms with Crippen molar-refractivity contribution in [3.63, 3.8) is 0 Å². The van der Waals surface area contributed by atoms with Crippen molar-refractivity contribution in [2.45, 2.75) is 66.7 Å². The number of allylic oxidation sites excluding steroid dienone is 9. The normalized spacial score (nSPS) is 20.7. The summed E-state index contributed by atoms with van der Waals surface area (Å²) in [4.78, 5) is 25.2. The maximum Gasteiger partial charge on any atom is 0.331 e. The lowest BCUT2D eigenvalue weighted by molar-refractivity contribution is -0.140. The highest BCUT2D eigenvalue weighted by molar-refractivity contribution is 5.83. The molecule has 0 aromatic heterocycles. The summed E-state index contributed by atoms with van der Waals surface area (Å²) in [5.41, 5.74) is 5.20. The summed E-state index contributed by atoms with van der Waals surface area (Å²) >= 11 is 0. The first-order chi connectivity index (χ1) is 14.2. The first kappa shape index (κ1) is 23.9. The molecule has 0 atom stereocenters. The average molecular weight is 412 g/mol. The zero-order valence-corrected chi connectivity index (χ0v) is 19.3. The van der Waals surface area contributed by atoms with Crippen molar-refractivity contribution in [1.29, 1.82) is 0 Å². The first-order valence-electron chi connectivity index (χ1n) is 11.0. The molecule has 30 heavy (non-hydrogen) atoms. The Morgan fingerprint density at radius 2 is 1.90 bits per heavy atom. The molecule has 0 bridgehead atoms. The molecule has 0 unspecified atom stereocenters. The number of esters is 1. The smallest absolute Gasteiger partial charge is 0.331 e. The molecule has 4 nitrogen and oxygen atoms in total. The number of ether oxygens (including phenoxy) is 1. The summed E-state index contributed by atoms with van der Waals surface area (Å²) < 4.78 is 5.21. The van der Waals surface area contributed by atoms with Gasteiger partial charge in [-0.2, -0.15) is 0 Å². The highest BCUT2D eigenvalue weighted by Crippen LogP contribution is 2.40. The van der Waals surface area contributed by atoms with Crippen LogP contribution in [-0.2, 0) is 14.3 Å². The Hall–Kier alpha value is -2.36. The molecule has 0 aromatic carbocycles. The molecule has 1 aliphatic heterocycles. The highest BCUT2D eigenvalue weighted by atomic mass is 16.5. The van der Waals surface area contributed by atoms with Gasteiger partial charge in [0.05, 0.1) is 6.54 Å². The molecular weight excluding hydrogens is 374 g/mol. The summed E-state index contributed by atoms with van der Waals surface area (Å²) in [7, 11) is 0. The lowest BCUT2D eigenvalue weighted by Gasteiger charge is -2.32. The van der Waals surface area contributed by atoms with Crippen LogP contribution in [0.2, 0.25) is 0 Å². The van der Waals surface area contributed by atoms with E-state index in [4.69, 9.17) is 4.74 Å². The van der Waals surface area contributed by atoms with Crippen LogP contribution in [0.15, 0.2) is 58.7 Å². The zero-order chi connectivity index (χ0) is 22.1.